The Bertz CT molecular complexity index is 1040. The molecule has 2 aromatic carbocycles. The Labute approximate surface area is 185 Å². The van der Waals surface area contributed by atoms with Gasteiger partial charge in [0.25, 0.3) is 0 Å². The van der Waals surface area contributed by atoms with E-state index in [1.807, 2.05) is 42.7 Å². The number of methoxy groups -OCH3 is 2. The molecule has 0 bridgehead atoms. The molecular weight excluding hydrogens is 416 g/mol. The molecule has 0 saturated heterocycles. The van der Waals surface area contributed by atoms with E-state index in [2.05, 4.69) is 15.5 Å². The van der Waals surface area contributed by atoms with Crippen LogP contribution in [-0.2, 0) is 17.9 Å². The van der Waals surface area contributed by atoms with Gasteiger partial charge in [-0.3, -0.25) is 4.79 Å². The molecule has 0 aliphatic rings. The fourth-order valence-electron chi connectivity index (χ4n) is 2.93. The molecule has 8 nitrogen and oxygen atoms in total. The number of aromatic nitrogens is 3. The maximum absolute atomic E-state index is 12.5. The maximum Gasteiger partial charge on any atom is 0.234 e. The van der Waals surface area contributed by atoms with Crippen molar-refractivity contribution in [3.8, 4) is 17.2 Å². The molecule has 0 aliphatic carbocycles. The number of hydrogen-bond donors (Lipinski definition) is 1. The molecule has 1 amide bonds. The molecule has 1 aromatic heterocycles. The Morgan fingerprint density at radius 2 is 1.94 bits per heavy atom. The lowest BCUT2D eigenvalue weighted by molar-refractivity contribution is -0.113. The number of ether oxygens (including phenoxy) is 3. The predicted molar refractivity (Wildman–Crippen MR) is 120 cm³/mol. The van der Waals surface area contributed by atoms with Gasteiger partial charge in [0.05, 0.1) is 25.7 Å². The van der Waals surface area contributed by atoms with Gasteiger partial charge in [-0.05, 0) is 43.7 Å². The van der Waals surface area contributed by atoms with Crippen molar-refractivity contribution in [2.24, 2.45) is 0 Å². The van der Waals surface area contributed by atoms with Crippen molar-refractivity contribution in [3.05, 3.63) is 53.9 Å². The molecule has 0 atom stereocenters. The van der Waals surface area contributed by atoms with Gasteiger partial charge in [-0.15, -0.1) is 10.2 Å². The van der Waals surface area contributed by atoms with Crippen molar-refractivity contribution >= 4 is 23.4 Å². The first-order valence-electron chi connectivity index (χ1n) is 9.80. The van der Waals surface area contributed by atoms with Crippen molar-refractivity contribution in [1.29, 1.82) is 0 Å². The van der Waals surface area contributed by atoms with E-state index in [1.165, 1.54) is 11.8 Å². The minimum Gasteiger partial charge on any atom is -0.497 e. The maximum atomic E-state index is 12.5. The average Bonchev–Trinajstić information content (AvgIpc) is 3.18. The van der Waals surface area contributed by atoms with Crippen LogP contribution in [0.15, 0.2) is 47.6 Å². The number of nitrogens with one attached hydrogen (secondary N) is 1. The number of carbonyl (C=O) groups excluding carboxylic acids is 1. The van der Waals surface area contributed by atoms with Crippen LogP contribution < -0.4 is 19.5 Å². The molecule has 0 fully saturated rings. The molecule has 3 aromatic rings. The van der Waals surface area contributed by atoms with Gasteiger partial charge < -0.3 is 24.1 Å². The summed E-state index contributed by atoms with van der Waals surface area (Å²) in [4.78, 5) is 12.5. The highest BCUT2D eigenvalue weighted by molar-refractivity contribution is 7.99. The minimum absolute atomic E-state index is 0.178. The number of amides is 1. The van der Waals surface area contributed by atoms with E-state index < -0.39 is 0 Å². The highest BCUT2D eigenvalue weighted by Gasteiger charge is 2.15. The minimum atomic E-state index is -0.181. The van der Waals surface area contributed by atoms with Crippen molar-refractivity contribution in [1.82, 2.24) is 14.8 Å². The van der Waals surface area contributed by atoms with Crippen molar-refractivity contribution < 1.29 is 19.0 Å². The fourth-order valence-corrected chi connectivity index (χ4v) is 3.75. The summed E-state index contributed by atoms with van der Waals surface area (Å²) in [5, 5.41) is 12.0. The van der Waals surface area contributed by atoms with Crippen LogP contribution in [-0.4, -0.2) is 40.6 Å². The van der Waals surface area contributed by atoms with E-state index in [4.69, 9.17) is 14.2 Å². The van der Waals surface area contributed by atoms with Gasteiger partial charge in [0.1, 0.15) is 23.9 Å². The Morgan fingerprint density at radius 3 is 2.65 bits per heavy atom. The van der Waals surface area contributed by atoms with E-state index >= 15 is 0 Å². The largest absolute Gasteiger partial charge is 0.497 e. The molecule has 31 heavy (non-hydrogen) atoms. The van der Waals surface area contributed by atoms with Gasteiger partial charge in [-0.25, -0.2) is 0 Å². The third-order valence-corrected chi connectivity index (χ3v) is 5.45. The van der Waals surface area contributed by atoms with E-state index in [0.29, 0.717) is 41.3 Å². The van der Waals surface area contributed by atoms with Gasteiger partial charge >= 0.3 is 0 Å². The summed E-state index contributed by atoms with van der Waals surface area (Å²) in [7, 11) is 3.12. The fraction of sp³-hybridized carbons (Fsp3) is 0.318. The molecule has 0 spiro atoms. The lowest BCUT2D eigenvalue weighted by atomic mass is 10.2. The number of hydrogen-bond acceptors (Lipinski definition) is 7. The Hall–Kier alpha value is -3.20. The molecule has 164 valence electrons. The summed E-state index contributed by atoms with van der Waals surface area (Å²) < 4.78 is 18.3. The van der Waals surface area contributed by atoms with Gasteiger partial charge in [0.2, 0.25) is 5.91 Å². The van der Waals surface area contributed by atoms with E-state index in [9.17, 15) is 4.79 Å². The zero-order valence-corrected chi connectivity index (χ0v) is 18.9. The van der Waals surface area contributed by atoms with Gasteiger partial charge in [0, 0.05) is 12.6 Å². The normalized spacial score (nSPS) is 10.6. The molecule has 3 rings (SSSR count). The van der Waals surface area contributed by atoms with Crippen LogP contribution in [0.3, 0.4) is 0 Å². The second-order valence-corrected chi connectivity index (χ2v) is 7.59. The first-order valence-corrected chi connectivity index (χ1v) is 10.8. The van der Waals surface area contributed by atoms with Crippen LogP contribution in [0.25, 0.3) is 0 Å². The Kier molecular flexibility index (Phi) is 7.77. The quantitative estimate of drug-likeness (QED) is 0.476. The molecule has 9 heteroatoms. The molecule has 1 N–H and O–H groups in total. The lowest BCUT2D eigenvalue weighted by Crippen LogP contribution is -2.15. The Morgan fingerprint density at radius 1 is 1.10 bits per heavy atom. The number of rotatable bonds is 10. The zero-order valence-electron chi connectivity index (χ0n) is 18.0. The summed E-state index contributed by atoms with van der Waals surface area (Å²) in [6.07, 6.45) is 0. The SMILES string of the molecule is CCn1c(COc2cccc(C)c2)nnc1SCC(=O)Nc1cc(OC)ccc1OC. The summed E-state index contributed by atoms with van der Waals surface area (Å²) >= 11 is 1.32. The van der Waals surface area contributed by atoms with E-state index in [1.54, 1.807) is 32.4 Å². The van der Waals surface area contributed by atoms with Crippen molar-refractivity contribution in [3.63, 3.8) is 0 Å². The number of aryl methyl sites for hydroxylation is 1. The highest BCUT2D eigenvalue weighted by atomic mass is 32.2. The van der Waals surface area contributed by atoms with Crippen LogP contribution in [0.4, 0.5) is 5.69 Å². The van der Waals surface area contributed by atoms with Crippen molar-refractivity contribution in [2.75, 3.05) is 25.3 Å². The van der Waals surface area contributed by atoms with Crippen LogP contribution in [0, 0.1) is 6.92 Å². The van der Waals surface area contributed by atoms with Gasteiger partial charge in [0.15, 0.2) is 11.0 Å². The monoisotopic (exact) mass is 442 g/mol. The third-order valence-electron chi connectivity index (χ3n) is 4.48. The van der Waals surface area contributed by atoms with E-state index in [0.717, 1.165) is 11.3 Å². The number of carbonyl (C=O) groups is 1. The highest BCUT2D eigenvalue weighted by Crippen LogP contribution is 2.29. The smallest absolute Gasteiger partial charge is 0.234 e. The topological polar surface area (TPSA) is 87.5 Å². The van der Waals surface area contributed by atoms with Crippen LogP contribution in [0.5, 0.6) is 17.2 Å². The number of thioether (sulfide) groups is 1. The molecule has 1 heterocycles. The first-order chi connectivity index (χ1) is 15.0. The molecule has 0 saturated carbocycles. The lowest BCUT2D eigenvalue weighted by Gasteiger charge is -2.12. The summed E-state index contributed by atoms with van der Waals surface area (Å²) in [6.45, 7) is 5.00. The second kappa shape index (κ2) is 10.7. The van der Waals surface area contributed by atoms with Gasteiger partial charge in [-0.2, -0.15) is 0 Å². The average molecular weight is 443 g/mol. The number of benzene rings is 2. The molecule has 0 radical (unpaired) electrons. The van der Waals surface area contributed by atoms with Gasteiger partial charge in [-0.1, -0.05) is 23.9 Å². The van der Waals surface area contributed by atoms with E-state index in [-0.39, 0.29) is 11.7 Å². The Balaban J connectivity index is 1.61. The molecule has 0 aliphatic heterocycles. The second-order valence-electron chi connectivity index (χ2n) is 6.65. The summed E-state index contributed by atoms with van der Waals surface area (Å²) in [5.41, 5.74) is 1.68. The first kappa shape index (κ1) is 22.5. The zero-order chi connectivity index (χ0) is 22.2. The predicted octanol–water partition coefficient (Wildman–Crippen LogP) is 3.93. The van der Waals surface area contributed by atoms with Crippen LogP contribution in [0.1, 0.15) is 18.3 Å². The number of anilines is 1. The third kappa shape index (κ3) is 5.91. The van der Waals surface area contributed by atoms with Crippen LogP contribution in [0.2, 0.25) is 0 Å². The van der Waals surface area contributed by atoms with Crippen molar-refractivity contribution in [2.45, 2.75) is 32.2 Å². The standard InChI is InChI=1S/C22H26N4O4S/c1-5-26-20(13-30-17-8-6-7-15(2)11-17)24-25-22(26)31-14-21(27)23-18-12-16(28-3)9-10-19(18)29-4/h6-12H,5,13-14H2,1-4H3,(H,23,27). The van der Waals surface area contributed by atoms with Crippen LogP contribution >= 0.6 is 11.8 Å². The molecule has 0 unspecified atom stereocenters. The number of nitrogens with zero attached hydrogens (tertiary/aromatic N) is 3. The summed E-state index contributed by atoms with van der Waals surface area (Å²) in [5.74, 6) is 2.68. The summed E-state index contributed by atoms with van der Waals surface area (Å²) in [6, 6.07) is 13.1. The molecular formula is C22H26N4O4S.